The Hall–Kier alpha value is -2.60. The molecule has 1 saturated heterocycles. The molecule has 29 heavy (non-hydrogen) atoms. The Balaban J connectivity index is 1.83. The van der Waals surface area contributed by atoms with Gasteiger partial charge in [0, 0.05) is 19.0 Å². The topological polar surface area (TPSA) is 154 Å². The van der Waals surface area contributed by atoms with Crippen molar-refractivity contribution in [1.82, 2.24) is 9.55 Å². The van der Waals surface area contributed by atoms with Gasteiger partial charge in [0.15, 0.2) is 6.10 Å². The first kappa shape index (κ1) is 22.7. The Labute approximate surface area is 164 Å². The Morgan fingerprint density at radius 1 is 1.28 bits per heavy atom. The molecule has 0 saturated carbocycles. The number of carbonyl (C=O) groups excluding carboxylic acids is 1. The molecule has 0 amide bonds. The number of hydrogen-bond donors (Lipinski definition) is 3. The number of hydrogen-bond acceptors (Lipinski definition) is 8. The summed E-state index contributed by atoms with van der Waals surface area (Å²) in [6.07, 6.45) is -2.65. The highest BCUT2D eigenvalue weighted by Crippen LogP contribution is 2.42. The van der Waals surface area contributed by atoms with Gasteiger partial charge in [0.05, 0.1) is 0 Å². The molecule has 1 fully saturated rings. The zero-order chi connectivity index (χ0) is 21.6. The first-order chi connectivity index (χ1) is 13.6. The van der Waals surface area contributed by atoms with E-state index in [2.05, 4.69) is 4.98 Å². The molecule has 1 aromatic heterocycles. The van der Waals surface area contributed by atoms with Crippen molar-refractivity contribution in [2.24, 2.45) is 0 Å². The zero-order valence-electron chi connectivity index (χ0n) is 15.5. The van der Waals surface area contributed by atoms with Gasteiger partial charge in [-0.1, -0.05) is 12.8 Å². The number of alkyl halides is 2. The summed E-state index contributed by atoms with van der Waals surface area (Å²) in [7, 11) is 0. The number of aliphatic hydroxyl groups excluding tert-OH is 1. The average molecular weight is 419 g/mol. The summed E-state index contributed by atoms with van der Waals surface area (Å²) in [5.74, 6) is -5.51. The summed E-state index contributed by atoms with van der Waals surface area (Å²) in [5, 5.41) is 18.4. The molecule has 0 spiro atoms. The number of esters is 1. The Morgan fingerprint density at radius 2 is 1.93 bits per heavy atom. The van der Waals surface area contributed by atoms with E-state index in [-0.39, 0.29) is 18.7 Å². The van der Waals surface area contributed by atoms with Crippen LogP contribution in [0.2, 0.25) is 0 Å². The van der Waals surface area contributed by atoms with Crippen LogP contribution in [0.4, 0.5) is 14.6 Å². The minimum atomic E-state index is -3.82. The van der Waals surface area contributed by atoms with Crippen molar-refractivity contribution < 1.29 is 38.1 Å². The molecular formula is C17H23F2N3O7. The Morgan fingerprint density at radius 3 is 2.55 bits per heavy atom. The summed E-state index contributed by atoms with van der Waals surface area (Å²) in [6, 6.07) is 1.14. The lowest BCUT2D eigenvalue weighted by atomic mass is 10.1. The van der Waals surface area contributed by atoms with E-state index in [1.165, 1.54) is 0 Å². The van der Waals surface area contributed by atoms with Gasteiger partial charge in [0.1, 0.15) is 18.5 Å². The molecule has 0 bridgehead atoms. The number of anilines is 1. The first-order valence-electron chi connectivity index (χ1n) is 9.06. The number of nitrogen functional groups attached to an aromatic ring is 1. The van der Waals surface area contributed by atoms with E-state index in [9.17, 15) is 28.3 Å². The molecule has 12 heteroatoms. The zero-order valence-corrected chi connectivity index (χ0v) is 15.5. The average Bonchev–Trinajstić information content (AvgIpc) is 2.86. The summed E-state index contributed by atoms with van der Waals surface area (Å²) in [5.41, 5.74) is 4.26. The quantitative estimate of drug-likeness (QED) is 0.367. The second-order valence-electron chi connectivity index (χ2n) is 6.68. The minimum Gasteiger partial charge on any atom is -0.481 e. The maximum absolute atomic E-state index is 14.3. The first-order valence-corrected chi connectivity index (χ1v) is 9.06. The second-order valence-corrected chi connectivity index (χ2v) is 6.68. The number of carboxylic acids is 1. The Kier molecular flexibility index (Phi) is 7.62. The van der Waals surface area contributed by atoms with Crippen LogP contribution < -0.4 is 11.4 Å². The van der Waals surface area contributed by atoms with Crippen molar-refractivity contribution in [1.29, 1.82) is 0 Å². The number of carboxylic acid groups (broad SMARTS) is 1. The smallest absolute Gasteiger partial charge is 0.351 e. The number of halogens is 2. The van der Waals surface area contributed by atoms with Crippen LogP contribution in [0.15, 0.2) is 17.1 Å². The molecule has 0 radical (unpaired) electrons. The lowest BCUT2D eigenvalue weighted by molar-refractivity contribution is -0.150. The van der Waals surface area contributed by atoms with E-state index in [1.807, 2.05) is 0 Å². The summed E-state index contributed by atoms with van der Waals surface area (Å²) >= 11 is 0. The predicted molar refractivity (Wildman–Crippen MR) is 94.1 cm³/mol. The number of nitrogens with two attached hydrogens (primary N) is 1. The number of rotatable bonds is 10. The van der Waals surface area contributed by atoms with Gasteiger partial charge in [-0.2, -0.15) is 13.8 Å². The van der Waals surface area contributed by atoms with Gasteiger partial charge in [-0.05, 0) is 18.9 Å². The number of aliphatic carboxylic acids is 1. The normalized spacial score (nSPS) is 23.1. The fraction of sp³-hybridized carbons (Fsp3) is 0.647. The highest BCUT2D eigenvalue weighted by atomic mass is 19.3. The van der Waals surface area contributed by atoms with E-state index >= 15 is 0 Å². The van der Waals surface area contributed by atoms with Gasteiger partial charge in [-0.25, -0.2) is 4.79 Å². The van der Waals surface area contributed by atoms with Gasteiger partial charge in [-0.15, -0.1) is 0 Å². The molecule has 0 aromatic carbocycles. The van der Waals surface area contributed by atoms with Gasteiger partial charge in [0.2, 0.25) is 6.23 Å². The highest BCUT2D eigenvalue weighted by Gasteiger charge is 2.60. The largest absolute Gasteiger partial charge is 0.481 e. The molecule has 0 aliphatic carbocycles. The van der Waals surface area contributed by atoms with Gasteiger partial charge < -0.3 is 25.4 Å². The van der Waals surface area contributed by atoms with Crippen molar-refractivity contribution in [3.05, 3.63) is 22.7 Å². The summed E-state index contributed by atoms with van der Waals surface area (Å²) < 4.78 is 39.2. The lowest BCUT2D eigenvalue weighted by Crippen LogP contribution is -2.42. The molecule has 162 valence electrons. The number of nitrogens with zero attached hydrogens (tertiary/aromatic N) is 2. The van der Waals surface area contributed by atoms with Crippen LogP contribution in [0, 0.1) is 0 Å². The minimum absolute atomic E-state index is 0.0248. The third-order valence-electron chi connectivity index (χ3n) is 4.41. The monoisotopic (exact) mass is 419 g/mol. The van der Waals surface area contributed by atoms with Crippen LogP contribution in [-0.4, -0.2) is 56.4 Å². The maximum atomic E-state index is 14.3. The molecule has 0 unspecified atom stereocenters. The van der Waals surface area contributed by atoms with E-state index < -0.39 is 48.6 Å². The van der Waals surface area contributed by atoms with E-state index in [4.69, 9.17) is 20.3 Å². The van der Waals surface area contributed by atoms with Crippen LogP contribution >= 0.6 is 0 Å². The van der Waals surface area contributed by atoms with Crippen LogP contribution in [-0.2, 0) is 19.1 Å². The molecule has 10 nitrogen and oxygen atoms in total. The molecule has 1 aliphatic heterocycles. The standard InChI is InChI=1S/C17H23F2N3O7/c18-17(19)14(26)10(29-15(17)22-8-7-11(20)21-16(22)27)9-28-13(25)6-4-2-1-3-5-12(23)24/h7-8,10,14-15,26H,1-6,9H2,(H,23,24)(H2,20,21,27)/t10-,14-,15-/m1/s1. The van der Waals surface area contributed by atoms with Crippen LogP contribution in [0.1, 0.15) is 44.8 Å². The SMILES string of the molecule is Nc1ccn([C@@H]2O[C@H](COC(=O)CCCCCCC(=O)O)[C@@H](O)C2(F)F)c(=O)n1. The number of ether oxygens (including phenoxy) is 2. The third-order valence-corrected chi connectivity index (χ3v) is 4.41. The van der Waals surface area contributed by atoms with Gasteiger partial charge >= 0.3 is 23.6 Å². The van der Waals surface area contributed by atoms with Crippen LogP contribution in [0.3, 0.4) is 0 Å². The van der Waals surface area contributed by atoms with Crippen molar-refractivity contribution >= 4 is 17.8 Å². The third kappa shape index (κ3) is 5.94. The second kappa shape index (κ2) is 9.74. The van der Waals surface area contributed by atoms with Crippen LogP contribution in [0.5, 0.6) is 0 Å². The fourth-order valence-corrected chi connectivity index (χ4v) is 2.86. The van der Waals surface area contributed by atoms with E-state index in [0.717, 1.165) is 12.3 Å². The summed E-state index contributed by atoms with van der Waals surface area (Å²) in [6.45, 7) is -0.609. The van der Waals surface area contributed by atoms with Crippen molar-refractivity contribution in [3.8, 4) is 0 Å². The van der Waals surface area contributed by atoms with Crippen molar-refractivity contribution in [2.75, 3.05) is 12.3 Å². The summed E-state index contributed by atoms with van der Waals surface area (Å²) in [4.78, 5) is 37.2. The molecule has 3 atom stereocenters. The number of aromatic nitrogens is 2. The highest BCUT2D eigenvalue weighted by molar-refractivity contribution is 5.69. The van der Waals surface area contributed by atoms with E-state index in [0.29, 0.717) is 30.3 Å². The van der Waals surface area contributed by atoms with Crippen molar-refractivity contribution in [3.63, 3.8) is 0 Å². The predicted octanol–water partition coefficient (Wildman–Crippen LogP) is 0.687. The maximum Gasteiger partial charge on any atom is 0.351 e. The molecule has 2 rings (SSSR count). The molecular weight excluding hydrogens is 396 g/mol. The van der Waals surface area contributed by atoms with Crippen molar-refractivity contribution in [2.45, 2.75) is 62.9 Å². The van der Waals surface area contributed by atoms with Gasteiger partial charge in [0.25, 0.3) is 0 Å². The van der Waals surface area contributed by atoms with Gasteiger partial charge in [-0.3, -0.25) is 14.2 Å². The Bertz CT molecular complexity index is 787. The molecule has 4 N–H and O–H groups in total. The fourth-order valence-electron chi connectivity index (χ4n) is 2.86. The van der Waals surface area contributed by atoms with E-state index in [1.54, 1.807) is 0 Å². The number of unbranched alkanes of at least 4 members (excludes halogenated alkanes) is 3. The molecule has 2 heterocycles. The number of aliphatic hydroxyl groups is 1. The van der Waals surface area contributed by atoms with Crippen LogP contribution in [0.25, 0.3) is 0 Å². The molecule has 1 aromatic rings. The number of carbonyl (C=O) groups is 2. The lowest BCUT2D eigenvalue weighted by Gasteiger charge is -2.20. The molecule has 1 aliphatic rings.